The smallest absolute Gasteiger partial charge is 0.301 e. The van der Waals surface area contributed by atoms with Crippen molar-refractivity contribution in [1.29, 1.82) is 0 Å². The highest BCUT2D eigenvalue weighted by Crippen LogP contribution is 2.43. The number of ketones is 1. The van der Waals surface area contributed by atoms with Crippen LogP contribution < -0.4 is 9.64 Å². The van der Waals surface area contributed by atoms with E-state index in [1.54, 1.807) is 31.2 Å². The molecule has 37 heavy (non-hydrogen) atoms. The molecule has 1 saturated heterocycles. The van der Waals surface area contributed by atoms with Crippen molar-refractivity contribution in [2.75, 3.05) is 4.90 Å². The number of benzene rings is 3. The molecule has 1 atom stereocenters. The van der Waals surface area contributed by atoms with Gasteiger partial charge in [-0.3, -0.25) is 14.5 Å². The molecule has 0 bridgehead atoms. The minimum atomic E-state index is -0.829. The third-order valence-corrected chi connectivity index (χ3v) is 7.01. The predicted octanol–water partition coefficient (Wildman–Crippen LogP) is 5.67. The standard InChI is InChI=1S/C29H25N3O4S/c1-17-7-9-21(10-8-17)25-24(27(34)28(35)32(25)29-31-30-19(3)37-29)26(33)22-11-13-23(14-12-22)36-16-20-6-4-5-18(2)15-20/h4-15,25,33H,16H2,1-3H3/t25-/m0/s1. The normalized spacial score (nSPS) is 16.8. The van der Waals surface area contributed by atoms with Crippen LogP contribution in [0, 0.1) is 20.8 Å². The zero-order valence-electron chi connectivity index (χ0n) is 20.6. The number of aryl methyl sites for hydroxylation is 3. The molecule has 0 radical (unpaired) electrons. The molecule has 7 nitrogen and oxygen atoms in total. The van der Waals surface area contributed by atoms with Crippen LogP contribution in [-0.4, -0.2) is 27.0 Å². The molecule has 1 aliphatic heterocycles. The number of carbonyl (C=O) groups is 2. The number of anilines is 1. The summed E-state index contributed by atoms with van der Waals surface area (Å²) < 4.78 is 5.88. The van der Waals surface area contributed by atoms with Gasteiger partial charge in [0.2, 0.25) is 5.13 Å². The average molecular weight is 512 g/mol. The summed E-state index contributed by atoms with van der Waals surface area (Å²) in [6, 6.07) is 21.6. The first-order valence-electron chi connectivity index (χ1n) is 11.8. The number of Topliss-reactive ketones (excluding diaryl/α,β-unsaturated/α-hetero) is 1. The van der Waals surface area contributed by atoms with Gasteiger partial charge in [-0.1, -0.05) is 71.0 Å². The Bertz CT molecular complexity index is 1510. The van der Waals surface area contributed by atoms with Gasteiger partial charge in [-0.05, 0) is 56.2 Å². The molecule has 8 heteroatoms. The van der Waals surface area contributed by atoms with Gasteiger partial charge in [-0.25, -0.2) is 0 Å². The highest BCUT2D eigenvalue weighted by Gasteiger charge is 2.48. The average Bonchev–Trinajstić information content (AvgIpc) is 3.43. The molecule has 0 spiro atoms. The maximum absolute atomic E-state index is 13.2. The number of ether oxygens (including phenoxy) is 1. The number of amides is 1. The van der Waals surface area contributed by atoms with Crippen molar-refractivity contribution in [3.8, 4) is 5.75 Å². The molecule has 5 rings (SSSR count). The van der Waals surface area contributed by atoms with Crippen LogP contribution in [0.1, 0.15) is 38.9 Å². The molecule has 1 amide bonds. The van der Waals surface area contributed by atoms with Gasteiger partial charge in [0.05, 0.1) is 11.6 Å². The van der Waals surface area contributed by atoms with E-state index in [1.165, 1.54) is 16.2 Å². The van der Waals surface area contributed by atoms with Crippen molar-refractivity contribution in [3.63, 3.8) is 0 Å². The van der Waals surface area contributed by atoms with Gasteiger partial charge < -0.3 is 9.84 Å². The van der Waals surface area contributed by atoms with Crippen LogP contribution in [0.15, 0.2) is 78.4 Å². The van der Waals surface area contributed by atoms with E-state index in [0.29, 0.717) is 33.6 Å². The molecule has 2 heterocycles. The van der Waals surface area contributed by atoms with E-state index in [-0.39, 0.29) is 11.3 Å². The van der Waals surface area contributed by atoms with Gasteiger partial charge in [-0.2, -0.15) is 0 Å². The molecule has 0 saturated carbocycles. The zero-order valence-corrected chi connectivity index (χ0v) is 21.5. The fourth-order valence-electron chi connectivity index (χ4n) is 4.31. The third kappa shape index (κ3) is 4.88. The van der Waals surface area contributed by atoms with Crippen LogP contribution in [-0.2, 0) is 16.2 Å². The van der Waals surface area contributed by atoms with Crippen molar-refractivity contribution in [2.24, 2.45) is 0 Å². The molecular weight excluding hydrogens is 486 g/mol. The molecule has 0 unspecified atom stereocenters. The van der Waals surface area contributed by atoms with E-state index in [0.717, 1.165) is 16.7 Å². The van der Waals surface area contributed by atoms with Gasteiger partial charge in [0.1, 0.15) is 23.1 Å². The van der Waals surface area contributed by atoms with Crippen LogP contribution in [0.4, 0.5) is 5.13 Å². The van der Waals surface area contributed by atoms with E-state index in [1.807, 2.05) is 56.3 Å². The first-order chi connectivity index (χ1) is 17.8. The number of aliphatic hydroxyl groups excluding tert-OH is 1. The molecule has 4 aromatic rings. The van der Waals surface area contributed by atoms with Crippen molar-refractivity contribution in [1.82, 2.24) is 10.2 Å². The van der Waals surface area contributed by atoms with E-state index in [2.05, 4.69) is 16.3 Å². The Balaban J connectivity index is 1.50. The molecule has 0 aliphatic carbocycles. The largest absolute Gasteiger partial charge is 0.507 e. The minimum Gasteiger partial charge on any atom is -0.507 e. The number of hydrogen-bond acceptors (Lipinski definition) is 7. The van der Waals surface area contributed by atoms with Crippen molar-refractivity contribution in [3.05, 3.63) is 111 Å². The fourth-order valence-corrected chi connectivity index (χ4v) is 5.02. The highest BCUT2D eigenvalue weighted by atomic mass is 32.1. The summed E-state index contributed by atoms with van der Waals surface area (Å²) in [4.78, 5) is 27.7. The van der Waals surface area contributed by atoms with E-state index >= 15 is 0 Å². The summed E-state index contributed by atoms with van der Waals surface area (Å²) in [5.74, 6) is -1.15. The molecule has 1 N–H and O–H groups in total. The Hall–Kier alpha value is -4.30. The van der Waals surface area contributed by atoms with Crippen LogP contribution in [0.5, 0.6) is 5.75 Å². The van der Waals surface area contributed by atoms with E-state index in [9.17, 15) is 14.7 Å². The fraction of sp³-hybridized carbons (Fsp3) is 0.172. The lowest BCUT2D eigenvalue weighted by Crippen LogP contribution is -2.29. The summed E-state index contributed by atoms with van der Waals surface area (Å²) in [5, 5.41) is 20.4. The monoisotopic (exact) mass is 511 g/mol. The molecule has 1 aliphatic rings. The third-order valence-electron chi connectivity index (χ3n) is 6.17. The number of carbonyl (C=O) groups excluding carboxylic acids is 2. The first-order valence-corrected chi connectivity index (χ1v) is 12.6. The van der Waals surface area contributed by atoms with Crippen LogP contribution in [0.3, 0.4) is 0 Å². The summed E-state index contributed by atoms with van der Waals surface area (Å²) in [6.45, 7) is 6.17. The zero-order chi connectivity index (χ0) is 26.1. The SMILES string of the molecule is Cc1ccc([C@H]2C(=C(O)c3ccc(OCc4cccc(C)c4)cc3)C(=O)C(=O)N2c2nnc(C)s2)cc1. The molecule has 1 aromatic heterocycles. The van der Waals surface area contributed by atoms with Crippen LogP contribution in [0.25, 0.3) is 5.76 Å². The van der Waals surface area contributed by atoms with Crippen molar-refractivity contribution < 1.29 is 19.4 Å². The number of aliphatic hydroxyl groups is 1. The topological polar surface area (TPSA) is 92.6 Å². The van der Waals surface area contributed by atoms with Gasteiger partial charge in [0, 0.05) is 5.56 Å². The second kappa shape index (κ2) is 9.99. The summed E-state index contributed by atoms with van der Waals surface area (Å²) in [7, 11) is 0. The van der Waals surface area contributed by atoms with Crippen molar-refractivity contribution in [2.45, 2.75) is 33.4 Å². The van der Waals surface area contributed by atoms with Gasteiger partial charge in [-0.15, -0.1) is 10.2 Å². The lowest BCUT2D eigenvalue weighted by atomic mass is 9.95. The van der Waals surface area contributed by atoms with Crippen LogP contribution >= 0.6 is 11.3 Å². The molecule has 1 fully saturated rings. The predicted molar refractivity (Wildman–Crippen MR) is 143 cm³/mol. The lowest BCUT2D eigenvalue weighted by molar-refractivity contribution is -0.132. The Kier molecular flexibility index (Phi) is 6.58. The van der Waals surface area contributed by atoms with Crippen LogP contribution in [0.2, 0.25) is 0 Å². The molecule has 3 aromatic carbocycles. The van der Waals surface area contributed by atoms with Gasteiger partial charge >= 0.3 is 5.91 Å². The number of rotatable bonds is 6. The van der Waals surface area contributed by atoms with Crippen molar-refractivity contribution >= 4 is 33.9 Å². The van der Waals surface area contributed by atoms with Gasteiger partial charge in [0.25, 0.3) is 5.78 Å². The Labute approximate surface area is 218 Å². The quantitative estimate of drug-likeness (QED) is 0.204. The Morgan fingerprint density at radius 1 is 0.946 bits per heavy atom. The molecule has 186 valence electrons. The van der Waals surface area contributed by atoms with E-state index in [4.69, 9.17) is 4.74 Å². The van der Waals surface area contributed by atoms with Gasteiger partial charge in [0.15, 0.2) is 0 Å². The first kappa shape index (κ1) is 24.4. The molecular formula is C29H25N3O4S. The Morgan fingerprint density at radius 3 is 2.32 bits per heavy atom. The minimum absolute atomic E-state index is 0.00938. The maximum atomic E-state index is 13.2. The number of nitrogens with zero attached hydrogens (tertiary/aromatic N) is 3. The summed E-state index contributed by atoms with van der Waals surface area (Å²) in [5.41, 5.74) is 4.36. The second-order valence-corrected chi connectivity index (χ2v) is 10.1. The summed E-state index contributed by atoms with van der Waals surface area (Å²) in [6.07, 6.45) is 0. The van der Waals surface area contributed by atoms with E-state index < -0.39 is 17.7 Å². The second-order valence-electron chi connectivity index (χ2n) is 8.99. The number of aromatic nitrogens is 2. The number of hydrogen-bond donors (Lipinski definition) is 1. The Morgan fingerprint density at radius 2 is 1.68 bits per heavy atom. The highest BCUT2D eigenvalue weighted by molar-refractivity contribution is 7.15. The maximum Gasteiger partial charge on any atom is 0.301 e. The lowest BCUT2D eigenvalue weighted by Gasteiger charge is -2.22. The summed E-state index contributed by atoms with van der Waals surface area (Å²) >= 11 is 1.22.